The minimum Gasteiger partial charge on any atom is -0.496 e. The van der Waals surface area contributed by atoms with Crippen LogP contribution in [0.15, 0.2) is 10.7 Å². The Bertz CT molecular complexity index is 635. The Labute approximate surface area is 127 Å². The van der Waals surface area contributed by atoms with E-state index in [9.17, 15) is 0 Å². The quantitative estimate of drug-likeness (QED) is 0.899. The molecule has 0 saturated carbocycles. The molecule has 0 amide bonds. The summed E-state index contributed by atoms with van der Waals surface area (Å²) >= 11 is 3.51. The Morgan fingerprint density at radius 1 is 1.30 bits per heavy atom. The molecule has 2 N–H and O–H groups in total. The van der Waals surface area contributed by atoms with Crippen LogP contribution in [0.2, 0.25) is 0 Å². The number of hydrogen-bond acceptors (Lipinski definition) is 3. The minimum atomic E-state index is 0.0824. The number of hydrogen-bond donors (Lipinski definition) is 2. The Hall–Kier alpha value is -1.33. The summed E-state index contributed by atoms with van der Waals surface area (Å²) in [5, 5.41) is 9.01. The number of imidazole rings is 1. The molecule has 20 heavy (non-hydrogen) atoms. The first kappa shape index (κ1) is 15.1. The highest BCUT2D eigenvalue weighted by molar-refractivity contribution is 9.10. The lowest BCUT2D eigenvalue weighted by Gasteiger charge is -2.14. The first-order chi connectivity index (χ1) is 9.49. The van der Waals surface area contributed by atoms with Crippen LogP contribution in [0.4, 0.5) is 0 Å². The van der Waals surface area contributed by atoms with Crippen LogP contribution >= 0.6 is 15.9 Å². The van der Waals surface area contributed by atoms with Crippen molar-refractivity contribution < 1.29 is 9.84 Å². The molecular weight excluding hydrogens is 320 g/mol. The van der Waals surface area contributed by atoms with Crippen molar-refractivity contribution in [2.45, 2.75) is 27.2 Å². The molecule has 0 bridgehead atoms. The number of H-pyrrole nitrogens is 1. The number of rotatable bonds is 4. The number of ether oxygens (including phenoxy) is 1. The van der Waals surface area contributed by atoms with E-state index in [1.165, 1.54) is 0 Å². The Kier molecular flexibility index (Phi) is 4.50. The van der Waals surface area contributed by atoms with E-state index in [1.54, 1.807) is 7.11 Å². The molecule has 108 valence electrons. The van der Waals surface area contributed by atoms with Crippen molar-refractivity contribution in [2.24, 2.45) is 0 Å². The van der Waals surface area contributed by atoms with Gasteiger partial charge in [-0.1, -0.05) is 0 Å². The molecule has 0 aliphatic rings. The maximum Gasteiger partial charge on any atom is 0.124 e. The zero-order chi connectivity index (χ0) is 14.9. The van der Waals surface area contributed by atoms with Crippen molar-refractivity contribution in [3.8, 4) is 17.0 Å². The normalized spacial score (nSPS) is 10.9. The van der Waals surface area contributed by atoms with Gasteiger partial charge >= 0.3 is 0 Å². The average molecular weight is 339 g/mol. The first-order valence-corrected chi connectivity index (χ1v) is 7.29. The van der Waals surface area contributed by atoms with Crippen molar-refractivity contribution in [3.05, 3.63) is 33.2 Å². The molecule has 0 aliphatic heterocycles. The van der Waals surface area contributed by atoms with Gasteiger partial charge in [0.2, 0.25) is 0 Å². The van der Waals surface area contributed by atoms with E-state index in [1.807, 2.05) is 6.92 Å². The lowest BCUT2D eigenvalue weighted by molar-refractivity contribution is 0.297. The predicted molar refractivity (Wildman–Crippen MR) is 83.3 cm³/mol. The summed E-state index contributed by atoms with van der Waals surface area (Å²) in [6.07, 6.45) is 0.520. The molecule has 0 radical (unpaired) electrons. The molecule has 2 aromatic rings. The number of halogens is 1. The standard InChI is InChI=1S/C15H19BrN2O2/c1-8-7-11(9(2)10(3)14(8)20-4)13-15(16)18-12(17-13)5-6-19/h7,19H,5-6H2,1-4H3,(H,17,18). The van der Waals surface area contributed by atoms with Crippen LogP contribution in [0.1, 0.15) is 22.5 Å². The molecule has 0 atom stereocenters. The van der Waals surface area contributed by atoms with Crippen molar-refractivity contribution in [3.63, 3.8) is 0 Å². The second-order valence-corrected chi connectivity index (χ2v) is 5.64. The third-order valence-corrected chi connectivity index (χ3v) is 4.12. The Morgan fingerprint density at radius 3 is 2.60 bits per heavy atom. The number of aliphatic hydroxyl groups is 1. The summed E-state index contributed by atoms with van der Waals surface area (Å²) in [7, 11) is 1.69. The van der Waals surface area contributed by atoms with Gasteiger partial charge in [0.05, 0.1) is 13.7 Å². The molecule has 0 spiro atoms. The summed E-state index contributed by atoms with van der Waals surface area (Å²) in [5.74, 6) is 1.70. The predicted octanol–water partition coefficient (Wildman–Crippen LogP) is 3.31. The smallest absolute Gasteiger partial charge is 0.124 e. The van der Waals surface area contributed by atoms with Gasteiger partial charge in [0, 0.05) is 12.0 Å². The highest BCUT2D eigenvalue weighted by Gasteiger charge is 2.17. The lowest BCUT2D eigenvalue weighted by atomic mass is 9.97. The van der Waals surface area contributed by atoms with E-state index < -0.39 is 0 Å². The van der Waals surface area contributed by atoms with Crippen LogP contribution in [-0.4, -0.2) is 28.8 Å². The molecule has 0 fully saturated rings. The maximum atomic E-state index is 9.01. The molecular formula is C15H19BrN2O2. The van der Waals surface area contributed by atoms with Crippen LogP contribution in [0.3, 0.4) is 0 Å². The van der Waals surface area contributed by atoms with Crippen LogP contribution in [0.5, 0.6) is 5.75 Å². The molecule has 4 nitrogen and oxygen atoms in total. The van der Waals surface area contributed by atoms with Gasteiger partial charge in [0.15, 0.2) is 0 Å². The van der Waals surface area contributed by atoms with Gasteiger partial charge in [0.1, 0.15) is 21.9 Å². The molecule has 0 saturated heterocycles. The SMILES string of the molecule is COc1c(C)cc(-c2nc(CCO)[nH]c2Br)c(C)c1C. The van der Waals surface area contributed by atoms with Crippen molar-refractivity contribution in [1.29, 1.82) is 0 Å². The number of aliphatic hydroxyl groups excluding tert-OH is 1. The van der Waals surface area contributed by atoms with E-state index in [-0.39, 0.29) is 6.61 Å². The summed E-state index contributed by atoms with van der Waals surface area (Å²) in [6, 6.07) is 2.09. The highest BCUT2D eigenvalue weighted by Crippen LogP contribution is 2.36. The van der Waals surface area contributed by atoms with Crippen LogP contribution in [0.25, 0.3) is 11.3 Å². The van der Waals surface area contributed by atoms with Crippen LogP contribution in [0, 0.1) is 20.8 Å². The fourth-order valence-electron chi connectivity index (χ4n) is 2.42. The fraction of sp³-hybridized carbons (Fsp3) is 0.400. The van der Waals surface area contributed by atoms with Crippen LogP contribution < -0.4 is 4.74 Å². The number of aromatic nitrogens is 2. The van der Waals surface area contributed by atoms with Gasteiger partial charge in [-0.3, -0.25) is 0 Å². The zero-order valence-electron chi connectivity index (χ0n) is 12.2. The summed E-state index contributed by atoms with van der Waals surface area (Å²) in [5.41, 5.74) is 5.31. The summed E-state index contributed by atoms with van der Waals surface area (Å²) in [6.45, 7) is 6.24. The van der Waals surface area contributed by atoms with Gasteiger partial charge in [-0.05, 0) is 59.5 Å². The lowest BCUT2D eigenvalue weighted by Crippen LogP contribution is -1.97. The van der Waals surface area contributed by atoms with E-state index in [2.05, 4.69) is 45.8 Å². The largest absolute Gasteiger partial charge is 0.496 e. The van der Waals surface area contributed by atoms with Crippen molar-refractivity contribution in [2.75, 3.05) is 13.7 Å². The molecule has 0 unspecified atom stereocenters. The third kappa shape index (κ3) is 2.60. The minimum absolute atomic E-state index is 0.0824. The second-order valence-electron chi connectivity index (χ2n) is 4.84. The molecule has 1 aromatic carbocycles. The van der Waals surface area contributed by atoms with Gasteiger partial charge in [-0.2, -0.15) is 0 Å². The topological polar surface area (TPSA) is 58.1 Å². The van der Waals surface area contributed by atoms with Crippen molar-refractivity contribution in [1.82, 2.24) is 9.97 Å². The number of methoxy groups -OCH3 is 1. The van der Waals surface area contributed by atoms with Gasteiger partial charge in [-0.25, -0.2) is 4.98 Å². The number of aryl methyl sites for hydroxylation is 1. The monoisotopic (exact) mass is 338 g/mol. The fourth-order valence-corrected chi connectivity index (χ4v) is 2.95. The number of nitrogens with one attached hydrogen (secondary N) is 1. The van der Waals surface area contributed by atoms with Gasteiger partial charge in [0.25, 0.3) is 0 Å². The maximum absolute atomic E-state index is 9.01. The molecule has 0 aliphatic carbocycles. The van der Waals surface area contributed by atoms with E-state index in [0.29, 0.717) is 6.42 Å². The van der Waals surface area contributed by atoms with Crippen molar-refractivity contribution >= 4 is 15.9 Å². The van der Waals surface area contributed by atoms with Crippen LogP contribution in [-0.2, 0) is 6.42 Å². The summed E-state index contributed by atoms with van der Waals surface area (Å²) < 4.78 is 6.29. The number of benzene rings is 1. The van der Waals surface area contributed by atoms with E-state index in [4.69, 9.17) is 9.84 Å². The van der Waals surface area contributed by atoms with Gasteiger partial charge in [-0.15, -0.1) is 0 Å². The third-order valence-electron chi connectivity index (χ3n) is 3.54. The highest BCUT2D eigenvalue weighted by atomic mass is 79.9. The van der Waals surface area contributed by atoms with E-state index >= 15 is 0 Å². The first-order valence-electron chi connectivity index (χ1n) is 6.50. The molecule has 1 aromatic heterocycles. The van der Waals surface area contributed by atoms with Gasteiger partial charge < -0.3 is 14.8 Å². The van der Waals surface area contributed by atoms with E-state index in [0.717, 1.165) is 44.1 Å². The average Bonchev–Trinajstić information content (AvgIpc) is 2.76. The molecule has 5 heteroatoms. The zero-order valence-corrected chi connectivity index (χ0v) is 13.8. The summed E-state index contributed by atoms with van der Waals surface area (Å²) in [4.78, 5) is 7.72. The Morgan fingerprint density at radius 2 is 2.00 bits per heavy atom. The molecule has 2 rings (SSSR count). The Balaban J connectivity index is 2.58. The number of nitrogens with zero attached hydrogens (tertiary/aromatic N) is 1. The molecule has 1 heterocycles. The second kappa shape index (κ2) is 5.97. The number of aromatic amines is 1.